The normalized spacial score (nSPS) is 10.4. The summed E-state index contributed by atoms with van der Waals surface area (Å²) >= 11 is 0. The van der Waals surface area contributed by atoms with Crippen molar-refractivity contribution in [3.8, 4) is 11.4 Å². The molecule has 0 aliphatic rings. The van der Waals surface area contributed by atoms with Crippen LogP contribution in [0.5, 0.6) is 0 Å². The van der Waals surface area contributed by atoms with Crippen LogP contribution in [-0.4, -0.2) is 27.6 Å². The molecule has 0 aromatic carbocycles. The van der Waals surface area contributed by atoms with Crippen LogP contribution in [0, 0.1) is 0 Å². The molecule has 0 aliphatic heterocycles. The summed E-state index contributed by atoms with van der Waals surface area (Å²) < 4.78 is 5.13. The standard InChI is InChI=1S/C14H18N4O2/c1-2-3-9-16-12(19)6-7-13-17-14(18-20-13)11-5-4-8-15-10-11/h4-5,8,10H,2-3,6-7,9H2,1H3,(H,16,19). The highest BCUT2D eigenvalue weighted by Crippen LogP contribution is 2.14. The van der Waals surface area contributed by atoms with Crippen molar-refractivity contribution in [1.29, 1.82) is 0 Å². The van der Waals surface area contributed by atoms with Crippen LogP contribution in [0.4, 0.5) is 0 Å². The molecule has 0 fully saturated rings. The van der Waals surface area contributed by atoms with E-state index >= 15 is 0 Å². The molecule has 20 heavy (non-hydrogen) atoms. The molecule has 6 heteroatoms. The van der Waals surface area contributed by atoms with E-state index in [-0.39, 0.29) is 5.91 Å². The molecule has 2 heterocycles. The first-order valence-electron chi connectivity index (χ1n) is 6.79. The molecule has 0 saturated heterocycles. The van der Waals surface area contributed by atoms with E-state index in [0.717, 1.165) is 24.9 Å². The molecule has 1 amide bonds. The predicted molar refractivity (Wildman–Crippen MR) is 73.8 cm³/mol. The van der Waals surface area contributed by atoms with Crippen molar-refractivity contribution in [1.82, 2.24) is 20.4 Å². The third-order valence-electron chi connectivity index (χ3n) is 2.81. The number of hydrogen-bond donors (Lipinski definition) is 1. The van der Waals surface area contributed by atoms with Gasteiger partial charge in [-0.2, -0.15) is 4.98 Å². The van der Waals surface area contributed by atoms with Crippen LogP contribution in [-0.2, 0) is 11.2 Å². The summed E-state index contributed by atoms with van der Waals surface area (Å²) in [5.74, 6) is 0.980. The zero-order chi connectivity index (χ0) is 14.2. The lowest BCUT2D eigenvalue weighted by molar-refractivity contribution is -0.121. The Morgan fingerprint density at radius 1 is 1.45 bits per heavy atom. The monoisotopic (exact) mass is 274 g/mol. The minimum absolute atomic E-state index is 0.0135. The number of carbonyl (C=O) groups excluding carboxylic acids is 1. The van der Waals surface area contributed by atoms with E-state index in [1.807, 2.05) is 12.1 Å². The van der Waals surface area contributed by atoms with E-state index in [1.165, 1.54) is 0 Å². The predicted octanol–water partition coefficient (Wildman–Crippen LogP) is 1.98. The quantitative estimate of drug-likeness (QED) is 0.781. The van der Waals surface area contributed by atoms with Gasteiger partial charge >= 0.3 is 0 Å². The van der Waals surface area contributed by atoms with Gasteiger partial charge in [-0.15, -0.1) is 0 Å². The second-order valence-corrected chi connectivity index (χ2v) is 4.46. The fourth-order valence-corrected chi connectivity index (χ4v) is 1.68. The summed E-state index contributed by atoms with van der Waals surface area (Å²) in [6, 6.07) is 3.67. The number of amides is 1. The lowest BCUT2D eigenvalue weighted by atomic mass is 10.2. The fraction of sp³-hybridized carbons (Fsp3) is 0.429. The van der Waals surface area contributed by atoms with E-state index < -0.39 is 0 Å². The molecular weight excluding hydrogens is 256 g/mol. The van der Waals surface area contributed by atoms with Crippen molar-refractivity contribution in [3.05, 3.63) is 30.4 Å². The average Bonchev–Trinajstić information content (AvgIpc) is 2.95. The number of carbonyl (C=O) groups is 1. The van der Waals surface area contributed by atoms with Gasteiger partial charge in [-0.1, -0.05) is 18.5 Å². The Bertz CT molecular complexity index is 539. The first-order chi connectivity index (χ1) is 9.79. The maximum Gasteiger partial charge on any atom is 0.227 e. The summed E-state index contributed by atoms with van der Waals surface area (Å²) in [5, 5.41) is 6.74. The molecular formula is C14H18N4O2. The number of rotatable bonds is 7. The van der Waals surface area contributed by atoms with E-state index in [2.05, 4.69) is 27.4 Å². The third-order valence-corrected chi connectivity index (χ3v) is 2.81. The van der Waals surface area contributed by atoms with Crippen molar-refractivity contribution >= 4 is 5.91 Å². The maximum absolute atomic E-state index is 11.6. The Kier molecular flexibility index (Phi) is 5.23. The lowest BCUT2D eigenvalue weighted by Gasteiger charge is -2.01. The summed E-state index contributed by atoms with van der Waals surface area (Å²) in [7, 11) is 0. The van der Waals surface area contributed by atoms with E-state index in [0.29, 0.717) is 24.6 Å². The van der Waals surface area contributed by atoms with Gasteiger partial charge in [-0.3, -0.25) is 9.78 Å². The van der Waals surface area contributed by atoms with Gasteiger partial charge in [0.15, 0.2) is 0 Å². The van der Waals surface area contributed by atoms with Crippen LogP contribution >= 0.6 is 0 Å². The summed E-state index contributed by atoms with van der Waals surface area (Å²) in [6.45, 7) is 2.81. The number of aryl methyl sites for hydroxylation is 1. The number of unbranched alkanes of at least 4 members (excludes halogenated alkanes) is 1. The Balaban J connectivity index is 1.83. The van der Waals surface area contributed by atoms with Crippen molar-refractivity contribution < 1.29 is 9.32 Å². The largest absolute Gasteiger partial charge is 0.356 e. The second kappa shape index (κ2) is 7.37. The van der Waals surface area contributed by atoms with Gasteiger partial charge in [-0.25, -0.2) is 0 Å². The molecule has 0 spiro atoms. The number of nitrogens with one attached hydrogen (secondary N) is 1. The molecule has 0 unspecified atom stereocenters. The number of pyridine rings is 1. The van der Waals surface area contributed by atoms with E-state index in [9.17, 15) is 4.79 Å². The first kappa shape index (κ1) is 14.2. The van der Waals surface area contributed by atoms with E-state index in [4.69, 9.17) is 4.52 Å². The van der Waals surface area contributed by atoms with Crippen LogP contribution < -0.4 is 5.32 Å². The molecule has 2 rings (SSSR count). The summed E-state index contributed by atoms with van der Waals surface area (Å²) in [6.07, 6.45) is 6.23. The topological polar surface area (TPSA) is 80.9 Å². The van der Waals surface area contributed by atoms with Gasteiger partial charge in [0.1, 0.15) is 0 Å². The number of aromatic nitrogens is 3. The molecule has 106 valence electrons. The summed E-state index contributed by atoms with van der Waals surface area (Å²) in [4.78, 5) is 19.8. The van der Waals surface area contributed by atoms with Crippen LogP contribution in [0.2, 0.25) is 0 Å². The number of nitrogens with zero attached hydrogens (tertiary/aromatic N) is 3. The van der Waals surface area contributed by atoms with Gasteiger partial charge in [0.2, 0.25) is 17.6 Å². The summed E-state index contributed by atoms with van der Waals surface area (Å²) in [5.41, 5.74) is 0.801. The molecule has 0 bridgehead atoms. The Labute approximate surface area is 117 Å². The zero-order valence-electron chi connectivity index (χ0n) is 11.5. The molecule has 6 nitrogen and oxygen atoms in total. The average molecular weight is 274 g/mol. The van der Waals surface area contributed by atoms with E-state index in [1.54, 1.807) is 12.4 Å². The van der Waals surface area contributed by atoms with Crippen molar-refractivity contribution in [2.24, 2.45) is 0 Å². The Morgan fingerprint density at radius 3 is 3.10 bits per heavy atom. The third kappa shape index (κ3) is 4.15. The van der Waals surface area contributed by atoms with Crippen molar-refractivity contribution in [3.63, 3.8) is 0 Å². The first-order valence-corrected chi connectivity index (χ1v) is 6.79. The minimum Gasteiger partial charge on any atom is -0.356 e. The van der Waals surface area contributed by atoms with Crippen LogP contribution in [0.3, 0.4) is 0 Å². The molecule has 2 aromatic heterocycles. The Hall–Kier alpha value is -2.24. The van der Waals surface area contributed by atoms with Crippen LogP contribution in [0.15, 0.2) is 29.0 Å². The highest BCUT2D eigenvalue weighted by molar-refractivity contribution is 5.75. The maximum atomic E-state index is 11.6. The van der Waals surface area contributed by atoms with Gasteiger partial charge in [-0.05, 0) is 18.6 Å². The highest BCUT2D eigenvalue weighted by atomic mass is 16.5. The molecule has 0 atom stereocenters. The second-order valence-electron chi connectivity index (χ2n) is 4.46. The molecule has 0 aliphatic carbocycles. The smallest absolute Gasteiger partial charge is 0.227 e. The van der Waals surface area contributed by atoms with Gasteiger partial charge in [0, 0.05) is 37.3 Å². The van der Waals surface area contributed by atoms with Crippen LogP contribution in [0.25, 0.3) is 11.4 Å². The SMILES string of the molecule is CCCCNC(=O)CCc1nc(-c2cccnc2)no1. The minimum atomic E-state index is 0.0135. The van der Waals surface area contributed by atoms with Crippen molar-refractivity contribution in [2.45, 2.75) is 32.6 Å². The molecule has 2 aromatic rings. The van der Waals surface area contributed by atoms with Gasteiger partial charge in [0.25, 0.3) is 0 Å². The fourth-order valence-electron chi connectivity index (χ4n) is 1.68. The van der Waals surface area contributed by atoms with Gasteiger partial charge in [0.05, 0.1) is 0 Å². The van der Waals surface area contributed by atoms with Crippen LogP contribution in [0.1, 0.15) is 32.1 Å². The van der Waals surface area contributed by atoms with Crippen molar-refractivity contribution in [2.75, 3.05) is 6.54 Å². The lowest BCUT2D eigenvalue weighted by Crippen LogP contribution is -2.24. The highest BCUT2D eigenvalue weighted by Gasteiger charge is 2.10. The molecule has 0 saturated carbocycles. The van der Waals surface area contributed by atoms with Gasteiger partial charge < -0.3 is 9.84 Å². The number of hydrogen-bond acceptors (Lipinski definition) is 5. The zero-order valence-corrected chi connectivity index (χ0v) is 11.5. The molecule has 0 radical (unpaired) electrons. The molecule has 1 N–H and O–H groups in total. The Morgan fingerprint density at radius 2 is 2.35 bits per heavy atom.